The number of nitrogens with one attached hydrogen (secondary N) is 1. The molecule has 3 N–H and O–H groups in total. The maximum absolute atomic E-state index is 11.6. The molecule has 0 unspecified atom stereocenters. The van der Waals surface area contributed by atoms with Gasteiger partial charge < -0.3 is 16.0 Å². The van der Waals surface area contributed by atoms with Crippen LogP contribution in [0.2, 0.25) is 0 Å². The largest absolute Gasteiger partial charge is 0.374 e. The summed E-state index contributed by atoms with van der Waals surface area (Å²) in [6.07, 6.45) is 2.53. The Morgan fingerprint density at radius 3 is 2.81 bits per heavy atom. The molecule has 1 aromatic rings. The lowest BCUT2D eigenvalue weighted by atomic mass is 10.4. The lowest BCUT2D eigenvalue weighted by Crippen LogP contribution is -2.33. The van der Waals surface area contributed by atoms with Crippen LogP contribution in [-0.2, 0) is 0 Å². The average Bonchev–Trinajstić information content (AvgIpc) is 2.89. The Labute approximate surface area is 97.8 Å². The van der Waals surface area contributed by atoms with E-state index in [0.717, 1.165) is 31.0 Å². The number of rotatable bonds is 4. The number of amides is 1. The van der Waals surface area contributed by atoms with Crippen molar-refractivity contribution in [2.24, 2.45) is 0 Å². The second-order valence-electron chi connectivity index (χ2n) is 3.75. The molecular weight excluding hydrogens is 226 g/mol. The van der Waals surface area contributed by atoms with Gasteiger partial charge in [-0.3, -0.25) is 4.79 Å². The van der Waals surface area contributed by atoms with Gasteiger partial charge in [-0.2, -0.15) is 0 Å². The van der Waals surface area contributed by atoms with Gasteiger partial charge in [0.25, 0.3) is 5.91 Å². The van der Waals surface area contributed by atoms with E-state index in [1.807, 2.05) is 0 Å². The van der Waals surface area contributed by atoms with Crippen LogP contribution in [0.15, 0.2) is 0 Å². The molecule has 1 saturated heterocycles. The van der Waals surface area contributed by atoms with Crippen LogP contribution in [0.5, 0.6) is 0 Å². The van der Waals surface area contributed by atoms with Gasteiger partial charge in [0.05, 0.1) is 0 Å². The second-order valence-corrected chi connectivity index (χ2v) is 4.76. The van der Waals surface area contributed by atoms with E-state index in [4.69, 9.17) is 5.73 Å². The zero-order valence-corrected chi connectivity index (χ0v) is 9.79. The molecular formula is C9H15N5OS. The van der Waals surface area contributed by atoms with E-state index in [-0.39, 0.29) is 5.91 Å². The molecule has 2 rings (SSSR count). The van der Waals surface area contributed by atoms with Gasteiger partial charge in [0.2, 0.25) is 10.1 Å². The Morgan fingerprint density at radius 2 is 2.19 bits per heavy atom. The van der Waals surface area contributed by atoms with Crippen molar-refractivity contribution in [3.05, 3.63) is 5.01 Å². The molecule has 0 bridgehead atoms. The minimum atomic E-state index is -0.187. The maximum atomic E-state index is 11.6. The molecule has 6 nitrogen and oxygen atoms in total. The van der Waals surface area contributed by atoms with Crippen LogP contribution in [-0.4, -0.2) is 47.2 Å². The summed E-state index contributed by atoms with van der Waals surface area (Å²) < 4.78 is 0. The van der Waals surface area contributed by atoms with Crippen LogP contribution in [0.1, 0.15) is 22.6 Å². The van der Waals surface area contributed by atoms with Crippen molar-refractivity contribution < 1.29 is 4.79 Å². The van der Waals surface area contributed by atoms with Crippen molar-refractivity contribution in [2.45, 2.75) is 12.8 Å². The SMILES string of the molecule is Nc1nnc(C(=O)NCCN2CCCC2)s1. The predicted molar refractivity (Wildman–Crippen MR) is 62.3 cm³/mol. The highest BCUT2D eigenvalue weighted by atomic mass is 32.1. The first-order valence-electron chi connectivity index (χ1n) is 5.35. The van der Waals surface area contributed by atoms with Crippen LogP contribution in [0.3, 0.4) is 0 Å². The van der Waals surface area contributed by atoms with E-state index < -0.39 is 0 Å². The molecule has 0 saturated carbocycles. The monoisotopic (exact) mass is 241 g/mol. The summed E-state index contributed by atoms with van der Waals surface area (Å²) in [6, 6.07) is 0. The van der Waals surface area contributed by atoms with E-state index in [1.165, 1.54) is 12.8 Å². The Balaban J connectivity index is 1.71. The summed E-state index contributed by atoms with van der Waals surface area (Å²) in [6.45, 7) is 3.83. The first-order valence-corrected chi connectivity index (χ1v) is 6.17. The maximum Gasteiger partial charge on any atom is 0.282 e. The highest BCUT2D eigenvalue weighted by Crippen LogP contribution is 2.10. The number of aromatic nitrogens is 2. The third kappa shape index (κ3) is 2.89. The molecule has 0 aliphatic carbocycles. The molecule has 1 aromatic heterocycles. The fourth-order valence-corrected chi connectivity index (χ4v) is 2.26. The predicted octanol–water partition coefficient (Wildman–Crippen LogP) is -0.0541. The standard InChI is InChI=1S/C9H15N5OS/c10-9-13-12-8(16-9)7(15)11-3-6-14-4-1-2-5-14/h1-6H2,(H2,10,13)(H,11,15). The van der Waals surface area contributed by atoms with Crippen molar-refractivity contribution in [1.29, 1.82) is 0 Å². The first-order chi connectivity index (χ1) is 7.75. The van der Waals surface area contributed by atoms with E-state index in [1.54, 1.807) is 0 Å². The number of nitrogens with zero attached hydrogens (tertiary/aromatic N) is 3. The molecule has 7 heteroatoms. The van der Waals surface area contributed by atoms with E-state index >= 15 is 0 Å². The highest BCUT2D eigenvalue weighted by Gasteiger charge is 2.13. The van der Waals surface area contributed by atoms with E-state index in [9.17, 15) is 4.79 Å². The lowest BCUT2D eigenvalue weighted by Gasteiger charge is -2.13. The van der Waals surface area contributed by atoms with Crippen LogP contribution in [0.25, 0.3) is 0 Å². The molecule has 1 amide bonds. The zero-order chi connectivity index (χ0) is 11.4. The summed E-state index contributed by atoms with van der Waals surface area (Å²) in [4.78, 5) is 13.9. The fraction of sp³-hybridized carbons (Fsp3) is 0.667. The molecule has 1 aliphatic rings. The quantitative estimate of drug-likeness (QED) is 0.772. The number of nitrogen functional groups attached to an aromatic ring is 1. The Kier molecular flexibility index (Phi) is 3.68. The van der Waals surface area contributed by atoms with Gasteiger partial charge in [-0.15, -0.1) is 10.2 Å². The van der Waals surface area contributed by atoms with Crippen molar-refractivity contribution in [1.82, 2.24) is 20.4 Å². The number of hydrogen-bond donors (Lipinski definition) is 2. The third-order valence-electron chi connectivity index (χ3n) is 2.55. The number of carbonyl (C=O) groups is 1. The number of likely N-dealkylation sites (tertiary alicyclic amines) is 1. The summed E-state index contributed by atoms with van der Waals surface area (Å²) in [5.41, 5.74) is 5.40. The Morgan fingerprint density at radius 1 is 1.44 bits per heavy atom. The summed E-state index contributed by atoms with van der Waals surface area (Å²) in [5.74, 6) is -0.187. The number of nitrogens with two attached hydrogens (primary N) is 1. The molecule has 1 aliphatic heterocycles. The third-order valence-corrected chi connectivity index (χ3v) is 3.30. The number of hydrogen-bond acceptors (Lipinski definition) is 6. The normalized spacial score (nSPS) is 16.5. The molecule has 2 heterocycles. The van der Waals surface area contributed by atoms with Gasteiger partial charge in [-0.25, -0.2) is 0 Å². The Hall–Kier alpha value is -1.21. The van der Waals surface area contributed by atoms with Crippen LogP contribution >= 0.6 is 11.3 Å². The fourth-order valence-electron chi connectivity index (χ4n) is 1.74. The van der Waals surface area contributed by atoms with E-state index in [0.29, 0.717) is 16.7 Å². The summed E-state index contributed by atoms with van der Waals surface area (Å²) in [5, 5.41) is 10.7. The lowest BCUT2D eigenvalue weighted by molar-refractivity contribution is 0.0948. The van der Waals surface area contributed by atoms with Crippen LogP contribution in [0.4, 0.5) is 5.13 Å². The number of anilines is 1. The summed E-state index contributed by atoms with van der Waals surface area (Å²) in [7, 11) is 0. The Bertz CT molecular complexity index is 361. The van der Waals surface area contributed by atoms with Crippen molar-refractivity contribution in [2.75, 3.05) is 31.9 Å². The molecule has 0 spiro atoms. The van der Waals surface area contributed by atoms with Crippen molar-refractivity contribution >= 4 is 22.4 Å². The van der Waals surface area contributed by atoms with Gasteiger partial charge >= 0.3 is 0 Å². The average molecular weight is 241 g/mol. The molecule has 0 atom stereocenters. The van der Waals surface area contributed by atoms with Crippen molar-refractivity contribution in [3.63, 3.8) is 0 Å². The molecule has 0 aromatic carbocycles. The van der Waals surface area contributed by atoms with Gasteiger partial charge in [-0.05, 0) is 25.9 Å². The van der Waals surface area contributed by atoms with Gasteiger partial charge in [0.1, 0.15) is 0 Å². The van der Waals surface area contributed by atoms with Crippen molar-refractivity contribution in [3.8, 4) is 0 Å². The second kappa shape index (κ2) is 5.22. The molecule has 16 heavy (non-hydrogen) atoms. The topological polar surface area (TPSA) is 84.1 Å². The molecule has 88 valence electrons. The molecule has 0 radical (unpaired) electrons. The smallest absolute Gasteiger partial charge is 0.282 e. The number of carbonyl (C=O) groups excluding carboxylic acids is 1. The van der Waals surface area contributed by atoms with E-state index in [2.05, 4.69) is 20.4 Å². The van der Waals surface area contributed by atoms with Gasteiger partial charge in [0.15, 0.2) is 0 Å². The van der Waals surface area contributed by atoms with Gasteiger partial charge in [0, 0.05) is 13.1 Å². The first kappa shape index (κ1) is 11.3. The minimum absolute atomic E-state index is 0.187. The highest BCUT2D eigenvalue weighted by molar-refractivity contribution is 7.16. The minimum Gasteiger partial charge on any atom is -0.374 e. The van der Waals surface area contributed by atoms with Crippen LogP contribution < -0.4 is 11.1 Å². The zero-order valence-electron chi connectivity index (χ0n) is 8.98. The van der Waals surface area contributed by atoms with Crippen LogP contribution in [0, 0.1) is 0 Å². The van der Waals surface area contributed by atoms with Gasteiger partial charge in [-0.1, -0.05) is 11.3 Å². The molecule has 1 fully saturated rings. The summed E-state index contributed by atoms with van der Waals surface area (Å²) >= 11 is 1.11.